The fourth-order valence-electron chi connectivity index (χ4n) is 3.94. The van der Waals surface area contributed by atoms with Crippen molar-refractivity contribution in [2.75, 3.05) is 22.1 Å². The number of carbonyl (C=O) groups excluding carboxylic acids is 2. The lowest BCUT2D eigenvalue weighted by atomic mass is 9.92. The lowest BCUT2D eigenvalue weighted by Gasteiger charge is -2.34. The number of benzene rings is 1. The fraction of sp³-hybridized carbons (Fsp3) is 0.400. The van der Waals surface area contributed by atoms with Gasteiger partial charge in [-0.25, -0.2) is 4.39 Å². The highest BCUT2D eigenvalue weighted by molar-refractivity contribution is 6.31. The zero-order valence-electron chi connectivity index (χ0n) is 16.3. The van der Waals surface area contributed by atoms with Gasteiger partial charge in [-0.1, -0.05) is 11.6 Å². The summed E-state index contributed by atoms with van der Waals surface area (Å²) in [5, 5.41) is 5.06. The van der Waals surface area contributed by atoms with Crippen LogP contribution in [0.2, 0.25) is 5.02 Å². The van der Waals surface area contributed by atoms with Crippen molar-refractivity contribution in [3.63, 3.8) is 0 Å². The molecule has 30 heavy (non-hydrogen) atoms. The van der Waals surface area contributed by atoms with Crippen LogP contribution in [0.5, 0.6) is 0 Å². The van der Waals surface area contributed by atoms with Crippen LogP contribution in [0, 0.1) is 5.82 Å². The molecule has 158 valence electrons. The molecule has 8 nitrogen and oxygen atoms in total. The maximum atomic E-state index is 13.4. The molecule has 0 unspecified atom stereocenters. The number of hydrogen-bond donors (Lipinski definition) is 3. The van der Waals surface area contributed by atoms with Crippen molar-refractivity contribution in [2.45, 2.75) is 44.6 Å². The Morgan fingerprint density at radius 3 is 2.87 bits per heavy atom. The molecular weight excluding hydrogens is 413 g/mol. The summed E-state index contributed by atoms with van der Waals surface area (Å²) in [6.07, 6.45) is 2.89. The van der Waals surface area contributed by atoms with E-state index in [2.05, 4.69) is 27.5 Å². The lowest BCUT2D eigenvalue weighted by molar-refractivity contribution is -0.123. The van der Waals surface area contributed by atoms with Gasteiger partial charge in [0.25, 0.3) is 5.56 Å². The van der Waals surface area contributed by atoms with Gasteiger partial charge in [0.05, 0.1) is 16.5 Å². The molecular formula is C20H21ClFN5O3. The predicted octanol–water partition coefficient (Wildman–Crippen LogP) is 3.01. The molecule has 0 bridgehead atoms. The van der Waals surface area contributed by atoms with Crippen molar-refractivity contribution in [1.29, 1.82) is 0 Å². The van der Waals surface area contributed by atoms with E-state index in [0.29, 0.717) is 5.95 Å². The quantitative estimate of drug-likeness (QED) is 0.689. The van der Waals surface area contributed by atoms with Crippen LogP contribution < -0.4 is 21.1 Å². The first-order chi connectivity index (χ1) is 14.3. The smallest absolute Gasteiger partial charge is 0.258 e. The van der Waals surface area contributed by atoms with Crippen LogP contribution >= 0.6 is 11.6 Å². The average molecular weight is 434 g/mol. The molecule has 2 aliphatic rings. The molecule has 0 aliphatic carbocycles. The zero-order chi connectivity index (χ0) is 21.4. The number of nitrogens with zero attached hydrogens (tertiary/aromatic N) is 2. The summed E-state index contributed by atoms with van der Waals surface area (Å²) < 4.78 is 13.4. The van der Waals surface area contributed by atoms with Gasteiger partial charge < -0.3 is 15.5 Å². The second-order valence-corrected chi connectivity index (χ2v) is 8.02. The number of aromatic nitrogens is 2. The number of hydrogen-bond acceptors (Lipinski definition) is 5. The maximum absolute atomic E-state index is 13.4. The first kappa shape index (κ1) is 20.3. The number of anilines is 3. The van der Waals surface area contributed by atoms with E-state index in [4.69, 9.17) is 11.6 Å². The summed E-state index contributed by atoms with van der Waals surface area (Å²) in [5.41, 5.74) is -0.0964. The highest BCUT2D eigenvalue weighted by Gasteiger charge is 2.35. The Hall–Kier alpha value is -2.94. The van der Waals surface area contributed by atoms with Crippen molar-refractivity contribution >= 4 is 40.9 Å². The van der Waals surface area contributed by atoms with E-state index >= 15 is 0 Å². The van der Waals surface area contributed by atoms with Crippen molar-refractivity contribution in [1.82, 2.24) is 9.97 Å². The molecule has 0 spiro atoms. The van der Waals surface area contributed by atoms with Crippen LogP contribution in [-0.2, 0) is 9.59 Å². The lowest BCUT2D eigenvalue weighted by Crippen LogP contribution is -2.42. The van der Waals surface area contributed by atoms with Gasteiger partial charge in [0, 0.05) is 24.7 Å². The minimum atomic E-state index is -1.03. The number of nitrogens with one attached hydrogen (secondary N) is 3. The van der Waals surface area contributed by atoms with E-state index < -0.39 is 29.1 Å². The Balaban J connectivity index is 1.65. The third kappa shape index (κ3) is 3.89. The first-order valence-electron chi connectivity index (χ1n) is 9.80. The highest BCUT2D eigenvalue weighted by Crippen LogP contribution is 2.31. The third-order valence-corrected chi connectivity index (χ3v) is 5.81. The number of halogens is 2. The van der Waals surface area contributed by atoms with Gasteiger partial charge in [0.1, 0.15) is 11.6 Å². The van der Waals surface area contributed by atoms with Gasteiger partial charge in [-0.3, -0.25) is 19.4 Å². The number of amides is 2. The molecule has 2 aliphatic heterocycles. The Morgan fingerprint density at radius 1 is 1.33 bits per heavy atom. The topological polar surface area (TPSA) is 107 Å². The highest BCUT2D eigenvalue weighted by atomic mass is 35.5. The molecule has 0 radical (unpaired) electrons. The Bertz CT molecular complexity index is 1070. The second-order valence-electron chi connectivity index (χ2n) is 7.61. The largest absolute Gasteiger partial charge is 0.340 e. The Morgan fingerprint density at radius 2 is 2.13 bits per heavy atom. The van der Waals surface area contributed by atoms with Gasteiger partial charge in [0.15, 0.2) is 0 Å². The van der Waals surface area contributed by atoms with Crippen LogP contribution in [0.15, 0.2) is 23.0 Å². The summed E-state index contributed by atoms with van der Waals surface area (Å²) in [6, 6.07) is 3.95. The van der Waals surface area contributed by atoms with Gasteiger partial charge in [-0.05, 0) is 44.4 Å². The minimum Gasteiger partial charge on any atom is -0.340 e. The molecule has 0 saturated carbocycles. The van der Waals surface area contributed by atoms with Crippen molar-refractivity contribution in [3.8, 4) is 0 Å². The van der Waals surface area contributed by atoms with E-state index in [1.54, 1.807) is 0 Å². The van der Waals surface area contributed by atoms with Gasteiger partial charge in [0.2, 0.25) is 17.8 Å². The Labute approximate surface area is 176 Å². The molecule has 2 atom stereocenters. The van der Waals surface area contributed by atoms with Crippen LogP contribution in [0.3, 0.4) is 0 Å². The van der Waals surface area contributed by atoms with E-state index in [1.807, 2.05) is 4.90 Å². The first-order valence-corrected chi connectivity index (χ1v) is 10.2. The van der Waals surface area contributed by atoms with Crippen LogP contribution in [0.25, 0.3) is 0 Å². The van der Waals surface area contributed by atoms with Crippen LogP contribution in [0.4, 0.5) is 21.8 Å². The normalized spacial score (nSPS) is 21.0. The monoisotopic (exact) mass is 433 g/mol. The van der Waals surface area contributed by atoms with Gasteiger partial charge in [-0.2, -0.15) is 4.98 Å². The Kier molecular flexibility index (Phi) is 5.46. The number of H-pyrrole nitrogens is 1. The summed E-state index contributed by atoms with van der Waals surface area (Å²) in [7, 11) is 0. The molecule has 1 aromatic carbocycles. The molecule has 3 heterocycles. The van der Waals surface area contributed by atoms with Crippen LogP contribution in [0.1, 0.15) is 44.1 Å². The molecule has 4 rings (SSSR count). The molecule has 1 aromatic heterocycles. The van der Waals surface area contributed by atoms with E-state index in [9.17, 15) is 18.8 Å². The number of rotatable bonds is 3. The third-order valence-electron chi connectivity index (χ3n) is 5.52. The molecule has 10 heteroatoms. The van der Waals surface area contributed by atoms with Crippen molar-refractivity contribution < 1.29 is 14.0 Å². The van der Waals surface area contributed by atoms with Gasteiger partial charge in [-0.15, -0.1) is 0 Å². The maximum Gasteiger partial charge on any atom is 0.258 e. The van der Waals surface area contributed by atoms with Gasteiger partial charge >= 0.3 is 0 Å². The predicted molar refractivity (Wildman–Crippen MR) is 112 cm³/mol. The minimum absolute atomic E-state index is 0.0973. The second kappa shape index (κ2) is 8.06. The molecule has 1 saturated heterocycles. The summed E-state index contributed by atoms with van der Waals surface area (Å²) in [5.74, 6) is -2.13. The fourth-order valence-corrected chi connectivity index (χ4v) is 4.12. The number of carbonyl (C=O) groups is 2. The van der Waals surface area contributed by atoms with Crippen molar-refractivity contribution in [3.05, 3.63) is 45.0 Å². The standard InChI is InChI=1S/C20H21ClFN5O3/c1-10-4-2-3-7-27(10)20-25-17-16(19(30)26-20)12(9-15(28)24-17)18(29)23-11-5-6-14(22)13(21)8-11/h5-6,8,10,12H,2-4,7,9H2,1H3,(H,23,29)(H2,24,25,26,28,30)/t10-,12+/m0/s1. The van der Waals surface area contributed by atoms with Crippen LogP contribution in [-0.4, -0.2) is 34.4 Å². The van der Waals surface area contributed by atoms with E-state index in [-0.39, 0.29) is 34.6 Å². The average Bonchev–Trinajstić information content (AvgIpc) is 2.70. The van der Waals surface area contributed by atoms with E-state index in [0.717, 1.165) is 31.9 Å². The molecule has 3 N–H and O–H groups in total. The summed E-state index contributed by atoms with van der Waals surface area (Å²) >= 11 is 5.76. The number of fused-ring (bicyclic) bond motifs is 1. The molecule has 2 amide bonds. The van der Waals surface area contributed by atoms with E-state index in [1.165, 1.54) is 12.1 Å². The summed E-state index contributed by atoms with van der Waals surface area (Å²) in [6.45, 7) is 2.81. The molecule has 2 aromatic rings. The SMILES string of the molecule is C[C@H]1CCCCN1c1nc2c(c(=O)[nH]1)[C@H](C(=O)Nc1ccc(F)c(Cl)c1)CC(=O)N2. The number of piperidine rings is 1. The summed E-state index contributed by atoms with van der Waals surface area (Å²) in [4.78, 5) is 47.2. The van der Waals surface area contributed by atoms with Crippen molar-refractivity contribution in [2.24, 2.45) is 0 Å². The zero-order valence-corrected chi connectivity index (χ0v) is 17.1. The molecule has 1 fully saturated rings. The number of aromatic amines is 1.